The van der Waals surface area contributed by atoms with E-state index in [4.69, 9.17) is 4.74 Å². The Hall–Kier alpha value is -2.53. The third-order valence-electron chi connectivity index (χ3n) is 4.48. The molecule has 0 radical (unpaired) electrons. The van der Waals surface area contributed by atoms with Crippen LogP contribution in [0.2, 0.25) is 0 Å². The van der Waals surface area contributed by atoms with Gasteiger partial charge in [0.25, 0.3) is 0 Å². The SMILES string of the molecule is C=C1S[C@@H]2CC(=O)N2[C@H]1C(=O)OC(c1ccccc1)c1ccccc1. The fourth-order valence-electron chi connectivity index (χ4n) is 3.21. The summed E-state index contributed by atoms with van der Waals surface area (Å²) in [7, 11) is 0. The van der Waals surface area contributed by atoms with E-state index in [2.05, 4.69) is 6.58 Å². The van der Waals surface area contributed by atoms with Gasteiger partial charge in [0.15, 0.2) is 12.1 Å². The van der Waals surface area contributed by atoms with Crippen molar-refractivity contribution in [3.63, 3.8) is 0 Å². The monoisotopic (exact) mass is 351 g/mol. The number of ether oxygens (including phenoxy) is 1. The quantitative estimate of drug-likeness (QED) is 0.625. The van der Waals surface area contributed by atoms with E-state index in [0.717, 1.165) is 11.1 Å². The average Bonchev–Trinajstić information content (AvgIpc) is 2.91. The highest BCUT2D eigenvalue weighted by molar-refractivity contribution is 8.04. The largest absolute Gasteiger partial charge is 0.451 e. The number of carbonyl (C=O) groups excluding carboxylic acids is 2. The van der Waals surface area contributed by atoms with Gasteiger partial charge in [0.1, 0.15) is 0 Å². The van der Waals surface area contributed by atoms with Crippen molar-refractivity contribution in [3.8, 4) is 0 Å². The Bertz CT molecular complexity index is 782. The molecule has 2 aromatic carbocycles. The van der Waals surface area contributed by atoms with Gasteiger partial charge in [-0.1, -0.05) is 67.2 Å². The summed E-state index contributed by atoms with van der Waals surface area (Å²) in [5.74, 6) is -0.445. The second-order valence-electron chi connectivity index (χ2n) is 6.08. The van der Waals surface area contributed by atoms with E-state index in [1.165, 1.54) is 11.8 Å². The van der Waals surface area contributed by atoms with E-state index in [1.54, 1.807) is 4.90 Å². The number of hydrogen-bond donors (Lipinski definition) is 0. The van der Waals surface area contributed by atoms with Crippen LogP contribution in [-0.4, -0.2) is 28.2 Å². The number of nitrogens with zero attached hydrogens (tertiary/aromatic N) is 1. The van der Waals surface area contributed by atoms with Crippen molar-refractivity contribution in [2.24, 2.45) is 0 Å². The normalized spacial score (nSPS) is 21.9. The molecular formula is C20H17NO3S. The first-order valence-electron chi connectivity index (χ1n) is 8.12. The number of benzene rings is 2. The van der Waals surface area contributed by atoms with Gasteiger partial charge in [0, 0.05) is 4.91 Å². The Morgan fingerprint density at radius 2 is 1.64 bits per heavy atom. The number of carbonyl (C=O) groups is 2. The molecule has 0 aliphatic carbocycles. The fraction of sp³-hybridized carbons (Fsp3) is 0.200. The molecule has 0 aromatic heterocycles. The van der Waals surface area contributed by atoms with Crippen molar-refractivity contribution < 1.29 is 14.3 Å². The van der Waals surface area contributed by atoms with Gasteiger partial charge in [0.05, 0.1) is 11.8 Å². The molecule has 2 heterocycles. The number of rotatable bonds is 4. The highest BCUT2D eigenvalue weighted by Gasteiger charge is 2.52. The summed E-state index contributed by atoms with van der Waals surface area (Å²) in [5.41, 5.74) is 1.79. The van der Waals surface area contributed by atoms with Gasteiger partial charge in [-0.25, -0.2) is 4.79 Å². The van der Waals surface area contributed by atoms with Crippen LogP contribution in [0.5, 0.6) is 0 Å². The molecule has 0 saturated carbocycles. The molecule has 0 spiro atoms. The van der Waals surface area contributed by atoms with E-state index >= 15 is 0 Å². The van der Waals surface area contributed by atoms with Crippen LogP contribution in [-0.2, 0) is 14.3 Å². The maximum absolute atomic E-state index is 12.9. The third-order valence-corrected chi connectivity index (χ3v) is 5.67. The number of hydrogen-bond acceptors (Lipinski definition) is 4. The Labute approximate surface area is 150 Å². The highest BCUT2D eigenvalue weighted by atomic mass is 32.2. The van der Waals surface area contributed by atoms with E-state index in [1.807, 2.05) is 60.7 Å². The topological polar surface area (TPSA) is 46.6 Å². The molecule has 5 heteroatoms. The Morgan fingerprint density at radius 1 is 1.08 bits per heavy atom. The van der Waals surface area contributed by atoms with Crippen LogP contribution in [0.15, 0.2) is 72.1 Å². The number of amides is 1. The lowest BCUT2D eigenvalue weighted by molar-refractivity contribution is -0.161. The first-order chi connectivity index (χ1) is 12.1. The van der Waals surface area contributed by atoms with Crippen molar-refractivity contribution in [1.29, 1.82) is 0 Å². The van der Waals surface area contributed by atoms with Gasteiger partial charge in [-0.3, -0.25) is 4.79 Å². The molecule has 1 amide bonds. The third kappa shape index (κ3) is 2.85. The standard InChI is InChI=1S/C20H17NO3S/c1-13-18(21-16(22)12-17(21)25-13)20(23)24-19(14-8-4-2-5-9-14)15-10-6-3-7-11-15/h2-11,17-19H,1,12H2/t17-,18-/m1/s1. The lowest BCUT2D eigenvalue weighted by Crippen LogP contribution is -2.54. The number of esters is 1. The van der Waals surface area contributed by atoms with Crippen molar-refractivity contribution >= 4 is 23.6 Å². The van der Waals surface area contributed by atoms with Gasteiger partial charge in [-0.05, 0) is 11.1 Å². The lowest BCUT2D eigenvalue weighted by Gasteiger charge is -2.36. The van der Waals surface area contributed by atoms with E-state index in [-0.39, 0.29) is 11.3 Å². The first kappa shape index (κ1) is 16.0. The van der Waals surface area contributed by atoms with E-state index < -0.39 is 18.1 Å². The minimum absolute atomic E-state index is 0.0194. The zero-order chi connectivity index (χ0) is 17.4. The minimum Gasteiger partial charge on any atom is -0.451 e. The summed E-state index contributed by atoms with van der Waals surface area (Å²) in [6.45, 7) is 3.95. The molecule has 0 N–H and O–H groups in total. The van der Waals surface area contributed by atoms with Crippen LogP contribution in [0, 0.1) is 0 Å². The van der Waals surface area contributed by atoms with Crippen molar-refractivity contribution in [3.05, 3.63) is 83.3 Å². The molecular weight excluding hydrogens is 334 g/mol. The Kier molecular flexibility index (Phi) is 4.09. The van der Waals surface area contributed by atoms with Gasteiger partial charge in [-0.2, -0.15) is 0 Å². The van der Waals surface area contributed by atoms with E-state index in [0.29, 0.717) is 11.3 Å². The predicted molar refractivity (Wildman–Crippen MR) is 96.6 cm³/mol. The summed E-state index contributed by atoms with van der Waals surface area (Å²) in [6, 6.07) is 18.5. The van der Waals surface area contributed by atoms with Crippen molar-refractivity contribution in [2.75, 3.05) is 0 Å². The Morgan fingerprint density at radius 3 is 2.16 bits per heavy atom. The summed E-state index contributed by atoms with van der Waals surface area (Å²) < 4.78 is 5.87. The Balaban J connectivity index is 1.62. The maximum atomic E-state index is 12.9. The lowest BCUT2D eigenvalue weighted by atomic mass is 10.0. The summed E-state index contributed by atoms with van der Waals surface area (Å²) in [6.07, 6.45) is -0.0445. The van der Waals surface area contributed by atoms with E-state index in [9.17, 15) is 9.59 Å². The molecule has 2 aromatic rings. The minimum atomic E-state index is -0.689. The zero-order valence-electron chi connectivity index (χ0n) is 13.5. The predicted octanol–water partition coefficient (Wildman–Crippen LogP) is 3.51. The average molecular weight is 351 g/mol. The number of β-lactam (4-membered cyclic amide) rings is 1. The fourth-order valence-corrected chi connectivity index (χ4v) is 4.48. The van der Waals surface area contributed by atoms with Gasteiger partial charge < -0.3 is 9.64 Å². The van der Waals surface area contributed by atoms with Crippen LogP contribution in [0.4, 0.5) is 0 Å². The van der Waals surface area contributed by atoms with Crippen LogP contribution >= 0.6 is 11.8 Å². The molecule has 25 heavy (non-hydrogen) atoms. The maximum Gasteiger partial charge on any atom is 0.335 e. The summed E-state index contributed by atoms with van der Waals surface area (Å²) >= 11 is 1.48. The van der Waals surface area contributed by atoms with Crippen LogP contribution in [0.3, 0.4) is 0 Å². The molecule has 4 rings (SSSR count). The second-order valence-corrected chi connectivity index (χ2v) is 7.39. The molecule has 4 nitrogen and oxygen atoms in total. The molecule has 0 bridgehead atoms. The van der Waals surface area contributed by atoms with Gasteiger partial charge in [0.2, 0.25) is 5.91 Å². The van der Waals surface area contributed by atoms with Crippen LogP contribution < -0.4 is 0 Å². The molecule has 0 unspecified atom stereocenters. The van der Waals surface area contributed by atoms with Crippen molar-refractivity contribution in [1.82, 2.24) is 4.90 Å². The summed E-state index contributed by atoms with van der Waals surface area (Å²) in [5, 5.41) is 0.0319. The number of thioether (sulfide) groups is 1. The molecule has 2 aliphatic rings. The number of fused-ring (bicyclic) bond motifs is 1. The molecule has 2 atom stereocenters. The molecule has 126 valence electrons. The second kappa shape index (κ2) is 6.41. The van der Waals surface area contributed by atoms with Crippen LogP contribution in [0.1, 0.15) is 23.7 Å². The van der Waals surface area contributed by atoms with Gasteiger partial charge >= 0.3 is 5.97 Å². The van der Waals surface area contributed by atoms with Crippen LogP contribution in [0.25, 0.3) is 0 Å². The van der Waals surface area contributed by atoms with Crippen molar-refractivity contribution in [2.45, 2.75) is 23.9 Å². The zero-order valence-corrected chi connectivity index (χ0v) is 14.3. The molecule has 2 fully saturated rings. The smallest absolute Gasteiger partial charge is 0.335 e. The van der Waals surface area contributed by atoms with Gasteiger partial charge in [-0.15, -0.1) is 11.8 Å². The molecule has 2 saturated heterocycles. The highest BCUT2D eigenvalue weighted by Crippen LogP contribution is 2.46. The summed E-state index contributed by atoms with van der Waals surface area (Å²) in [4.78, 5) is 27.0. The molecule has 2 aliphatic heterocycles. The first-order valence-corrected chi connectivity index (χ1v) is 9.00.